The van der Waals surface area contributed by atoms with Crippen molar-refractivity contribution in [1.82, 2.24) is 9.97 Å². The van der Waals surface area contributed by atoms with Crippen LogP contribution < -0.4 is 0 Å². The summed E-state index contributed by atoms with van der Waals surface area (Å²) in [7, 11) is 0. The van der Waals surface area contributed by atoms with Gasteiger partial charge >= 0.3 is 0 Å². The Morgan fingerprint density at radius 1 is 1.05 bits per heavy atom. The molecule has 1 rings (SSSR count). The maximum Gasteiger partial charge on any atom is 0.189 e. The van der Waals surface area contributed by atoms with Gasteiger partial charge in [-0.05, 0) is 0 Å². The van der Waals surface area contributed by atoms with E-state index >= 15 is 0 Å². The molecule has 0 saturated heterocycles. The summed E-state index contributed by atoms with van der Waals surface area (Å²) in [6, 6.07) is 0. The largest absolute Gasteiger partial charge is 0.394 e. The molecule has 0 aromatic carbocycles. The van der Waals surface area contributed by atoms with Crippen molar-refractivity contribution in [3.05, 3.63) is 23.8 Å². The van der Waals surface area contributed by atoms with Crippen LogP contribution in [0.15, 0.2) is 12.4 Å². The van der Waals surface area contributed by atoms with Crippen LogP contribution in [0.25, 0.3) is 0 Å². The molecule has 1 aromatic rings. The highest BCUT2D eigenvalue weighted by Crippen LogP contribution is 2.15. The second-order valence-corrected chi connectivity index (χ2v) is 4.47. The summed E-state index contributed by atoms with van der Waals surface area (Å²) in [5.41, 5.74) is 0.208. The van der Waals surface area contributed by atoms with E-state index in [0.29, 0.717) is 0 Å². The van der Waals surface area contributed by atoms with Crippen molar-refractivity contribution in [1.29, 1.82) is 0 Å². The highest BCUT2D eigenvalue weighted by Gasteiger charge is 2.26. The minimum absolute atomic E-state index is 0.0662. The lowest BCUT2D eigenvalue weighted by Crippen LogP contribution is -2.32. The van der Waals surface area contributed by atoms with Crippen molar-refractivity contribution in [2.75, 3.05) is 13.2 Å². The van der Waals surface area contributed by atoms with Gasteiger partial charge < -0.3 is 30.6 Å². The number of Topliss-reactive ketones (excluding diaryl/α,β-unsaturated/α-hetero) is 1. The first-order valence-electron chi connectivity index (χ1n) is 6.18. The molecule has 0 aliphatic carbocycles. The van der Waals surface area contributed by atoms with Gasteiger partial charge in [-0.25, -0.2) is 0 Å². The lowest BCUT2D eigenvalue weighted by Gasteiger charge is -2.16. The Labute approximate surface area is 120 Å². The van der Waals surface area contributed by atoms with Gasteiger partial charge in [0.1, 0.15) is 24.9 Å². The summed E-state index contributed by atoms with van der Waals surface area (Å²) >= 11 is 0. The fourth-order valence-electron chi connectivity index (χ4n) is 1.53. The number of nitrogens with zero attached hydrogens (tertiary/aromatic N) is 2. The summed E-state index contributed by atoms with van der Waals surface area (Å²) in [4.78, 5) is 18.7. The minimum Gasteiger partial charge on any atom is -0.394 e. The average Bonchev–Trinajstić information content (AvgIpc) is 2.52. The summed E-state index contributed by atoms with van der Waals surface area (Å²) in [6.07, 6.45) is -3.73. The molecule has 0 aliphatic rings. The van der Waals surface area contributed by atoms with Gasteiger partial charge in [0.25, 0.3) is 0 Å². The van der Waals surface area contributed by atoms with E-state index < -0.39 is 43.4 Å². The van der Waals surface area contributed by atoms with Gasteiger partial charge in [0.05, 0.1) is 30.3 Å². The van der Waals surface area contributed by atoms with Crippen molar-refractivity contribution in [2.45, 2.75) is 30.8 Å². The first-order chi connectivity index (χ1) is 9.90. The third-order valence-corrected chi connectivity index (χ3v) is 2.86. The van der Waals surface area contributed by atoms with Crippen LogP contribution in [-0.2, 0) is 11.2 Å². The summed E-state index contributed by atoms with van der Waals surface area (Å²) in [6.45, 7) is -1.50. The molecule has 6 N–H and O–H groups in total. The molecule has 1 heterocycles. The highest BCUT2D eigenvalue weighted by atomic mass is 16.4. The molecule has 9 nitrogen and oxygen atoms in total. The third-order valence-electron chi connectivity index (χ3n) is 2.86. The topological polar surface area (TPSA) is 164 Å². The number of carbonyl (C=O) groups excluding carboxylic acids is 1. The molecule has 21 heavy (non-hydrogen) atoms. The predicted octanol–water partition coefficient (Wildman–Crippen LogP) is -3.31. The molecule has 0 aliphatic heterocycles. The lowest BCUT2D eigenvalue weighted by molar-refractivity contribution is -0.136. The number of carbonyl (C=O) groups is 1. The number of ketones is 1. The van der Waals surface area contributed by atoms with Crippen molar-refractivity contribution < 1.29 is 35.4 Å². The van der Waals surface area contributed by atoms with Crippen LogP contribution in [0.2, 0.25) is 0 Å². The zero-order valence-electron chi connectivity index (χ0n) is 11.1. The number of aliphatic hydroxyl groups is 6. The van der Waals surface area contributed by atoms with E-state index in [1.54, 1.807) is 0 Å². The SMILES string of the molecule is O=C(CO)[C@@H](O)[C@H](O)c1cnc(C[C@H](O)[C@H](O)CO)cn1. The van der Waals surface area contributed by atoms with Gasteiger partial charge in [-0.15, -0.1) is 0 Å². The monoisotopic (exact) mass is 302 g/mol. The van der Waals surface area contributed by atoms with Crippen LogP contribution in [-0.4, -0.2) is 77.9 Å². The quantitative estimate of drug-likeness (QED) is 0.288. The highest BCUT2D eigenvalue weighted by molar-refractivity contribution is 5.84. The van der Waals surface area contributed by atoms with E-state index in [1.807, 2.05) is 0 Å². The van der Waals surface area contributed by atoms with E-state index in [1.165, 1.54) is 6.20 Å². The Balaban J connectivity index is 2.71. The molecule has 0 saturated carbocycles. The normalized spacial score (nSPS) is 17.0. The second kappa shape index (κ2) is 8.08. The lowest BCUT2D eigenvalue weighted by atomic mass is 10.1. The fraction of sp³-hybridized carbons (Fsp3) is 0.583. The molecular formula is C12H18N2O7. The van der Waals surface area contributed by atoms with Gasteiger partial charge in [-0.1, -0.05) is 0 Å². The molecule has 9 heteroatoms. The van der Waals surface area contributed by atoms with Crippen molar-refractivity contribution in [3.63, 3.8) is 0 Å². The van der Waals surface area contributed by atoms with Gasteiger partial charge in [-0.3, -0.25) is 14.8 Å². The third kappa shape index (κ3) is 4.77. The molecular weight excluding hydrogens is 284 g/mol. The van der Waals surface area contributed by atoms with Crippen LogP contribution in [0.4, 0.5) is 0 Å². The minimum atomic E-state index is -1.81. The zero-order chi connectivity index (χ0) is 16.0. The van der Waals surface area contributed by atoms with Crippen LogP contribution in [0.1, 0.15) is 17.5 Å². The van der Waals surface area contributed by atoms with Crippen molar-refractivity contribution >= 4 is 5.78 Å². The zero-order valence-corrected chi connectivity index (χ0v) is 11.1. The second-order valence-electron chi connectivity index (χ2n) is 4.47. The van der Waals surface area contributed by atoms with E-state index in [2.05, 4.69) is 9.97 Å². The maximum atomic E-state index is 11.1. The molecule has 118 valence electrons. The average molecular weight is 302 g/mol. The van der Waals surface area contributed by atoms with Gasteiger partial charge in [0, 0.05) is 12.6 Å². The van der Waals surface area contributed by atoms with Crippen molar-refractivity contribution in [3.8, 4) is 0 Å². The summed E-state index contributed by atoms with van der Waals surface area (Å²) < 4.78 is 0. The van der Waals surface area contributed by atoms with Gasteiger partial charge in [0.2, 0.25) is 0 Å². The number of aromatic nitrogens is 2. The van der Waals surface area contributed by atoms with E-state index in [-0.39, 0.29) is 17.8 Å². The Kier molecular flexibility index (Phi) is 6.75. The smallest absolute Gasteiger partial charge is 0.189 e. The molecule has 0 fully saturated rings. The molecule has 0 bridgehead atoms. The number of aliphatic hydroxyl groups excluding tert-OH is 6. The van der Waals surface area contributed by atoms with E-state index in [0.717, 1.165) is 6.20 Å². The first-order valence-corrected chi connectivity index (χ1v) is 6.18. The molecule has 1 aromatic heterocycles. The Morgan fingerprint density at radius 2 is 1.71 bits per heavy atom. The van der Waals surface area contributed by atoms with E-state index in [9.17, 15) is 25.2 Å². The Morgan fingerprint density at radius 3 is 2.19 bits per heavy atom. The van der Waals surface area contributed by atoms with Crippen molar-refractivity contribution in [2.24, 2.45) is 0 Å². The van der Waals surface area contributed by atoms with Crippen LogP contribution in [0, 0.1) is 0 Å². The number of rotatable bonds is 8. The fourth-order valence-corrected chi connectivity index (χ4v) is 1.53. The first kappa shape index (κ1) is 17.6. The molecule has 0 spiro atoms. The van der Waals surface area contributed by atoms with Crippen LogP contribution in [0.3, 0.4) is 0 Å². The predicted molar refractivity (Wildman–Crippen MR) is 67.9 cm³/mol. The standard InChI is InChI=1S/C12H18N2O7/c15-4-9(18)8(17)1-6-2-14-7(3-13-6)11(20)12(21)10(19)5-16/h2-3,8-9,11-12,15-18,20-21H,1,4-5H2/t8-,9+,11+,12+/m0/s1. The van der Waals surface area contributed by atoms with Crippen LogP contribution in [0.5, 0.6) is 0 Å². The maximum absolute atomic E-state index is 11.1. The number of hydrogen-bond donors (Lipinski definition) is 6. The Bertz CT molecular complexity index is 453. The summed E-state index contributed by atoms with van der Waals surface area (Å²) in [5, 5.41) is 55.1. The molecule has 0 radical (unpaired) electrons. The molecule has 4 atom stereocenters. The van der Waals surface area contributed by atoms with E-state index in [4.69, 9.17) is 10.2 Å². The summed E-state index contributed by atoms with van der Waals surface area (Å²) in [5.74, 6) is -0.949. The van der Waals surface area contributed by atoms with Gasteiger partial charge in [-0.2, -0.15) is 0 Å². The van der Waals surface area contributed by atoms with Crippen LogP contribution >= 0.6 is 0 Å². The number of hydrogen-bond acceptors (Lipinski definition) is 9. The Hall–Kier alpha value is -1.49. The molecule has 0 unspecified atom stereocenters. The molecule has 0 amide bonds. The van der Waals surface area contributed by atoms with Gasteiger partial charge in [0.15, 0.2) is 5.78 Å².